The molecule has 1 aromatic carbocycles. The number of imidazole rings is 1. The number of anilines is 2. The Balaban J connectivity index is 0.00000245. The number of halogens is 1. The lowest BCUT2D eigenvalue weighted by atomic mass is 10.1. The SMILES string of the molecule is Cc1cccc(C)c1Nc1ncc(-c2ccc(CN3CCN(C)CC3)s2)n2cncc12.[Cl-]. The summed E-state index contributed by atoms with van der Waals surface area (Å²) in [6.45, 7) is 9.81. The monoisotopic (exact) mass is 467 g/mol. The van der Waals surface area contributed by atoms with Crippen LogP contribution in [0.25, 0.3) is 16.1 Å². The average Bonchev–Trinajstić information content (AvgIpc) is 3.43. The van der Waals surface area contributed by atoms with Crippen LogP contribution < -0.4 is 17.7 Å². The Morgan fingerprint density at radius 2 is 1.75 bits per heavy atom. The van der Waals surface area contributed by atoms with Gasteiger partial charge in [-0.05, 0) is 44.2 Å². The molecule has 168 valence electrons. The number of nitrogens with one attached hydrogen (secondary N) is 1. The number of nitrogens with zero attached hydrogens (tertiary/aromatic N) is 5. The minimum absolute atomic E-state index is 0. The number of rotatable bonds is 5. The zero-order valence-electron chi connectivity index (χ0n) is 18.7. The van der Waals surface area contributed by atoms with E-state index in [1.54, 1.807) is 0 Å². The zero-order valence-corrected chi connectivity index (χ0v) is 20.2. The molecule has 4 heterocycles. The predicted octanol–water partition coefficient (Wildman–Crippen LogP) is 1.57. The van der Waals surface area contributed by atoms with Gasteiger partial charge in [0.1, 0.15) is 5.52 Å². The molecular weight excluding hydrogens is 440 g/mol. The molecule has 3 aromatic heterocycles. The number of piperazine rings is 1. The van der Waals surface area contributed by atoms with Gasteiger partial charge in [0.05, 0.1) is 29.3 Å². The molecule has 0 bridgehead atoms. The van der Waals surface area contributed by atoms with E-state index in [1.807, 2.05) is 30.1 Å². The van der Waals surface area contributed by atoms with Gasteiger partial charge in [-0.25, -0.2) is 9.97 Å². The van der Waals surface area contributed by atoms with Gasteiger partial charge in [0.15, 0.2) is 5.82 Å². The fourth-order valence-electron chi connectivity index (χ4n) is 4.15. The van der Waals surface area contributed by atoms with Crippen LogP contribution in [0.3, 0.4) is 0 Å². The molecule has 0 saturated carbocycles. The molecule has 8 heteroatoms. The Hall–Kier alpha value is -2.45. The molecule has 0 aliphatic carbocycles. The van der Waals surface area contributed by atoms with E-state index in [9.17, 15) is 0 Å². The summed E-state index contributed by atoms with van der Waals surface area (Å²) in [7, 11) is 2.20. The Labute approximate surface area is 199 Å². The first-order valence-corrected chi connectivity index (χ1v) is 11.5. The summed E-state index contributed by atoms with van der Waals surface area (Å²) in [4.78, 5) is 16.8. The second kappa shape index (κ2) is 9.58. The molecule has 1 aliphatic heterocycles. The van der Waals surface area contributed by atoms with E-state index in [0.717, 1.165) is 55.4 Å². The molecule has 32 heavy (non-hydrogen) atoms. The molecule has 5 rings (SSSR count). The number of likely N-dealkylation sites (N-methyl/N-ethyl adjacent to an activating group) is 1. The fourth-order valence-corrected chi connectivity index (χ4v) is 5.21. The molecule has 1 N–H and O–H groups in total. The number of hydrogen-bond donors (Lipinski definition) is 1. The maximum absolute atomic E-state index is 4.79. The highest BCUT2D eigenvalue weighted by atomic mass is 35.5. The average molecular weight is 468 g/mol. The number of aryl methyl sites for hydroxylation is 2. The van der Waals surface area contributed by atoms with Gasteiger partial charge in [-0.15, -0.1) is 11.3 Å². The van der Waals surface area contributed by atoms with E-state index in [0.29, 0.717) is 0 Å². The number of para-hydroxylation sites is 1. The highest BCUT2D eigenvalue weighted by Crippen LogP contribution is 2.32. The lowest BCUT2D eigenvalue weighted by Crippen LogP contribution is -3.00. The van der Waals surface area contributed by atoms with Crippen molar-refractivity contribution < 1.29 is 12.4 Å². The number of thiophene rings is 1. The molecule has 0 atom stereocenters. The van der Waals surface area contributed by atoms with Crippen molar-refractivity contribution in [1.82, 2.24) is 24.2 Å². The second-order valence-electron chi connectivity index (χ2n) is 8.38. The number of aromatic nitrogens is 3. The maximum Gasteiger partial charge on any atom is 0.156 e. The van der Waals surface area contributed by atoms with Gasteiger partial charge in [-0.1, -0.05) is 18.2 Å². The summed E-state index contributed by atoms with van der Waals surface area (Å²) in [6, 6.07) is 10.8. The van der Waals surface area contributed by atoms with Crippen molar-refractivity contribution in [3.63, 3.8) is 0 Å². The van der Waals surface area contributed by atoms with E-state index in [-0.39, 0.29) is 12.4 Å². The summed E-state index contributed by atoms with van der Waals surface area (Å²) in [5, 5.41) is 3.53. The molecule has 4 aromatic rings. The molecule has 0 amide bonds. The lowest BCUT2D eigenvalue weighted by molar-refractivity contribution is -0.00000639. The highest BCUT2D eigenvalue weighted by molar-refractivity contribution is 7.15. The van der Waals surface area contributed by atoms with Crippen LogP contribution >= 0.6 is 11.3 Å². The van der Waals surface area contributed by atoms with Crippen LogP contribution in [0.15, 0.2) is 49.1 Å². The molecule has 0 radical (unpaired) electrons. The van der Waals surface area contributed by atoms with Crippen LogP contribution in [-0.2, 0) is 6.54 Å². The van der Waals surface area contributed by atoms with Crippen molar-refractivity contribution in [3.8, 4) is 10.6 Å². The third kappa shape index (κ3) is 4.52. The fraction of sp³-hybridized carbons (Fsp3) is 0.333. The Morgan fingerprint density at radius 1 is 1.00 bits per heavy atom. The van der Waals surface area contributed by atoms with E-state index >= 15 is 0 Å². The predicted molar refractivity (Wildman–Crippen MR) is 128 cm³/mol. The van der Waals surface area contributed by atoms with Gasteiger partial charge in [0.2, 0.25) is 0 Å². The summed E-state index contributed by atoms with van der Waals surface area (Å²) in [6.07, 6.45) is 5.71. The minimum Gasteiger partial charge on any atom is -1.00 e. The standard InChI is InChI=1S/C24H28N6S.ClH/c1-17-5-4-6-18(2)23(17)27-24-21-13-25-16-30(21)20(14-26-24)22-8-7-19(31-22)15-29-11-9-28(3)10-12-29;/h4-8,13-14,16H,9-12,15H2,1-3H3,(H,26,27);1H/p-1. The van der Waals surface area contributed by atoms with Crippen molar-refractivity contribution in [2.45, 2.75) is 20.4 Å². The Kier molecular flexibility index (Phi) is 6.81. The second-order valence-corrected chi connectivity index (χ2v) is 9.55. The van der Waals surface area contributed by atoms with E-state index in [4.69, 9.17) is 4.98 Å². The molecule has 1 saturated heterocycles. The molecule has 0 spiro atoms. The van der Waals surface area contributed by atoms with Gasteiger partial charge in [-0.3, -0.25) is 9.30 Å². The van der Waals surface area contributed by atoms with Crippen molar-refractivity contribution >= 4 is 28.4 Å². The van der Waals surface area contributed by atoms with Crippen LogP contribution in [0, 0.1) is 13.8 Å². The van der Waals surface area contributed by atoms with Gasteiger partial charge in [-0.2, -0.15) is 0 Å². The van der Waals surface area contributed by atoms with Gasteiger partial charge < -0.3 is 22.6 Å². The smallest absolute Gasteiger partial charge is 0.156 e. The van der Waals surface area contributed by atoms with Crippen molar-refractivity contribution in [1.29, 1.82) is 0 Å². The largest absolute Gasteiger partial charge is 1.00 e. The Bertz CT molecular complexity index is 1190. The van der Waals surface area contributed by atoms with Gasteiger partial charge in [0.25, 0.3) is 0 Å². The quantitative estimate of drug-likeness (QED) is 0.483. The van der Waals surface area contributed by atoms with Crippen LogP contribution in [0.4, 0.5) is 11.5 Å². The van der Waals surface area contributed by atoms with Crippen LogP contribution in [0.2, 0.25) is 0 Å². The zero-order chi connectivity index (χ0) is 21.4. The van der Waals surface area contributed by atoms with Gasteiger partial charge >= 0.3 is 0 Å². The minimum atomic E-state index is 0. The first-order chi connectivity index (χ1) is 15.1. The number of fused-ring (bicyclic) bond motifs is 1. The molecule has 1 fully saturated rings. The number of hydrogen-bond acceptors (Lipinski definition) is 6. The highest BCUT2D eigenvalue weighted by Gasteiger charge is 2.16. The summed E-state index contributed by atoms with van der Waals surface area (Å²) in [5.41, 5.74) is 5.57. The van der Waals surface area contributed by atoms with E-state index in [1.165, 1.54) is 20.9 Å². The lowest BCUT2D eigenvalue weighted by Gasteiger charge is -2.31. The third-order valence-electron chi connectivity index (χ3n) is 6.07. The first kappa shape index (κ1) is 22.7. The third-order valence-corrected chi connectivity index (χ3v) is 7.16. The summed E-state index contributed by atoms with van der Waals surface area (Å²) < 4.78 is 2.13. The molecule has 1 aliphatic rings. The topological polar surface area (TPSA) is 48.7 Å². The molecule has 0 unspecified atom stereocenters. The van der Waals surface area contributed by atoms with E-state index in [2.05, 4.69) is 75.7 Å². The first-order valence-electron chi connectivity index (χ1n) is 10.7. The Morgan fingerprint density at radius 3 is 2.50 bits per heavy atom. The molecular formula is C24H28ClN6S-. The van der Waals surface area contributed by atoms with Crippen LogP contribution in [-0.4, -0.2) is 57.4 Å². The maximum atomic E-state index is 4.79. The van der Waals surface area contributed by atoms with Gasteiger partial charge in [0, 0.05) is 43.3 Å². The van der Waals surface area contributed by atoms with Crippen LogP contribution in [0.1, 0.15) is 16.0 Å². The van der Waals surface area contributed by atoms with Crippen molar-refractivity contribution in [2.24, 2.45) is 0 Å². The summed E-state index contributed by atoms with van der Waals surface area (Å²) >= 11 is 1.85. The molecule has 6 nitrogen and oxygen atoms in total. The van der Waals surface area contributed by atoms with E-state index < -0.39 is 0 Å². The van der Waals surface area contributed by atoms with Crippen molar-refractivity contribution in [2.75, 3.05) is 38.5 Å². The summed E-state index contributed by atoms with van der Waals surface area (Å²) in [5.74, 6) is 0.827. The van der Waals surface area contributed by atoms with Crippen LogP contribution in [0.5, 0.6) is 0 Å². The number of benzene rings is 1. The normalized spacial score (nSPS) is 15.1. The van der Waals surface area contributed by atoms with Crippen molar-refractivity contribution in [3.05, 3.63) is 65.1 Å².